The molecule has 0 atom stereocenters. The fourth-order valence-electron chi connectivity index (χ4n) is 3.17. The lowest BCUT2D eigenvalue weighted by molar-refractivity contribution is -0.394. The number of thiazole rings is 1. The van der Waals surface area contributed by atoms with Crippen LogP contribution in [-0.2, 0) is 0 Å². The molecule has 0 aliphatic rings. The number of rotatable bonds is 8. The van der Waals surface area contributed by atoms with E-state index in [-0.39, 0.29) is 12.1 Å². The van der Waals surface area contributed by atoms with E-state index in [1.54, 1.807) is 12.1 Å². The molecule has 0 unspecified atom stereocenters. The Kier molecular flexibility index (Phi) is 7.02. The van der Waals surface area contributed by atoms with Crippen LogP contribution < -0.4 is 4.90 Å². The number of benzene rings is 2. The van der Waals surface area contributed by atoms with Gasteiger partial charge in [0.2, 0.25) is 0 Å². The van der Waals surface area contributed by atoms with E-state index in [9.17, 15) is 25.0 Å². The van der Waals surface area contributed by atoms with Gasteiger partial charge in [0.05, 0.1) is 31.7 Å². The molecule has 3 aromatic rings. The molecule has 32 heavy (non-hydrogen) atoms. The van der Waals surface area contributed by atoms with Crippen LogP contribution in [0.2, 0.25) is 5.02 Å². The zero-order valence-electron chi connectivity index (χ0n) is 17.6. The quantitative estimate of drug-likeness (QED) is 0.341. The van der Waals surface area contributed by atoms with Crippen molar-refractivity contribution >= 4 is 55.6 Å². The Hall–Kier alpha value is -3.15. The van der Waals surface area contributed by atoms with Crippen LogP contribution in [0.1, 0.15) is 22.3 Å². The summed E-state index contributed by atoms with van der Waals surface area (Å²) in [6.45, 7) is 2.83. The summed E-state index contributed by atoms with van der Waals surface area (Å²) in [6.07, 6.45) is 0.603. The molecule has 3 rings (SSSR count). The standard InChI is InChI=1S/C20H20ClN5O5S/c1-12-7-14(21)10-17-18(12)22-20(32-17)24(6-4-5-23(2)3)19(27)13-8-15(25(28)29)11-16(9-13)26(30)31/h7-11H,4-6H2,1-3H3. The molecule has 1 amide bonds. The summed E-state index contributed by atoms with van der Waals surface area (Å²) in [5.74, 6) is -0.599. The van der Waals surface area contributed by atoms with Crippen molar-refractivity contribution in [3.63, 3.8) is 0 Å². The molecular formula is C20H20ClN5O5S. The van der Waals surface area contributed by atoms with Gasteiger partial charge in [0, 0.05) is 23.7 Å². The van der Waals surface area contributed by atoms with Crippen LogP contribution in [0.4, 0.5) is 16.5 Å². The Balaban J connectivity index is 2.08. The van der Waals surface area contributed by atoms with E-state index in [1.807, 2.05) is 25.9 Å². The highest BCUT2D eigenvalue weighted by molar-refractivity contribution is 7.22. The lowest BCUT2D eigenvalue weighted by atomic mass is 10.1. The Bertz CT molecular complexity index is 1180. The third-order valence-corrected chi connectivity index (χ3v) is 5.92. The van der Waals surface area contributed by atoms with Crippen LogP contribution in [0.15, 0.2) is 30.3 Å². The van der Waals surface area contributed by atoms with Crippen LogP contribution in [0.25, 0.3) is 10.2 Å². The summed E-state index contributed by atoms with van der Waals surface area (Å²) in [6, 6.07) is 6.45. The lowest BCUT2D eigenvalue weighted by Crippen LogP contribution is -2.33. The number of hydrogen-bond acceptors (Lipinski definition) is 8. The van der Waals surface area contributed by atoms with E-state index >= 15 is 0 Å². The number of nitro groups is 2. The Morgan fingerprint density at radius 1 is 1.06 bits per heavy atom. The Morgan fingerprint density at radius 2 is 1.69 bits per heavy atom. The lowest BCUT2D eigenvalue weighted by Gasteiger charge is -2.21. The molecule has 0 fully saturated rings. The van der Waals surface area contributed by atoms with Gasteiger partial charge in [-0.25, -0.2) is 4.98 Å². The summed E-state index contributed by atoms with van der Waals surface area (Å²) < 4.78 is 0.792. The summed E-state index contributed by atoms with van der Waals surface area (Å²) >= 11 is 7.41. The van der Waals surface area contributed by atoms with Crippen molar-refractivity contribution in [3.8, 4) is 0 Å². The van der Waals surface area contributed by atoms with Gasteiger partial charge in [-0.15, -0.1) is 0 Å². The van der Waals surface area contributed by atoms with Crippen LogP contribution in [0.5, 0.6) is 0 Å². The van der Waals surface area contributed by atoms with E-state index in [1.165, 1.54) is 16.2 Å². The highest BCUT2D eigenvalue weighted by atomic mass is 35.5. The number of carbonyl (C=O) groups excluding carboxylic acids is 1. The number of nitrogens with zero attached hydrogens (tertiary/aromatic N) is 5. The van der Waals surface area contributed by atoms with E-state index in [0.29, 0.717) is 28.6 Å². The average molecular weight is 478 g/mol. The van der Waals surface area contributed by atoms with Crippen LogP contribution in [0.3, 0.4) is 0 Å². The molecule has 0 bridgehead atoms. The number of non-ortho nitro benzene ring substituents is 2. The van der Waals surface area contributed by atoms with Gasteiger partial charge in [-0.1, -0.05) is 22.9 Å². The van der Waals surface area contributed by atoms with Crippen LogP contribution in [0, 0.1) is 27.2 Å². The van der Waals surface area contributed by atoms with E-state index in [0.717, 1.165) is 28.5 Å². The first-order valence-electron chi connectivity index (χ1n) is 9.54. The first kappa shape index (κ1) is 23.5. The van der Waals surface area contributed by atoms with Crippen molar-refractivity contribution < 1.29 is 14.6 Å². The van der Waals surface area contributed by atoms with Crippen LogP contribution in [-0.4, -0.2) is 52.8 Å². The normalized spacial score (nSPS) is 11.2. The highest BCUT2D eigenvalue weighted by Gasteiger charge is 2.26. The molecule has 1 aromatic heterocycles. The van der Waals surface area contributed by atoms with Crippen molar-refractivity contribution in [2.75, 3.05) is 32.1 Å². The maximum atomic E-state index is 13.4. The Morgan fingerprint density at radius 3 is 2.25 bits per heavy atom. The van der Waals surface area contributed by atoms with E-state index in [2.05, 4.69) is 4.98 Å². The minimum Gasteiger partial charge on any atom is -0.309 e. The number of fused-ring (bicyclic) bond motifs is 1. The molecule has 0 aliphatic carbocycles. The SMILES string of the molecule is Cc1cc(Cl)cc2sc(N(CCCN(C)C)C(=O)c3cc([N+](=O)[O-])cc([N+](=O)[O-])c3)nc12. The zero-order valence-corrected chi connectivity index (χ0v) is 19.1. The fourth-order valence-corrected chi connectivity index (χ4v) is 4.62. The fraction of sp³-hybridized carbons (Fsp3) is 0.300. The van der Waals surface area contributed by atoms with Gasteiger partial charge < -0.3 is 4.90 Å². The number of hydrogen-bond donors (Lipinski definition) is 0. The average Bonchev–Trinajstić information content (AvgIpc) is 3.14. The minimum absolute atomic E-state index is 0.148. The van der Waals surface area contributed by atoms with E-state index < -0.39 is 27.1 Å². The Labute approximate surface area is 192 Å². The third-order valence-electron chi connectivity index (χ3n) is 4.67. The van der Waals surface area contributed by atoms with Gasteiger partial charge >= 0.3 is 0 Å². The van der Waals surface area contributed by atoms with Gasteiger partial charge in [0.25, 0.3) is 17.3 Å². The highest BCUT2D eigenvalue weighted by Crippen LogP contribution is 2.34. The van der Waals surface area contributed by atoms with Gasteiger partial charge in [-0.2, -0.15) is 0 Å². The van der Waals surface area contributed by atoms with Gasteiger partial charge in [-0.05, 0) is 51.7 Å². The van der Waals surface area contributed by atoms with Gasteiger partial charge in [0.1, 0.15) is 0 Å². The molecule has 0 spiro atoms. The number of amides is 1. The van der Waals surface area contributed by atoms with Gasteiger partial charge in [-0.3, -0.25) is 29.9 Å². The maximum Gasteiger partial charge on any atom is 0.277 e. The second-order valence-electron chi connectivity index (χ2n) is 7.43. The predicted octanol–water partition coefficient (Wildman–Crippen LogP) is 4.67. The molecule has 0 saturated heterocycles. The zero-order chi connectivity index (χ0) is 23.6. The molecule has 1 heterocycles. The number of aryl methyl sites for hydroxylation is 1. The molecule has 0 N–H and O–H groups in total. The number of carbonyl (C=O) groups is 1. The van der Waals surface area contributed by atoms with Crippen molar-refractivity contribution in [2.45, 2.75) is 13.3 Å². The topological polar surface area (TPSA) is 123 Å². The summed E-state index contributed by atoms with van der Waals surface area (Å²) in [4.78, 5) is 42.4. The summed E-state index contributed by atoms with van der Waals surface area (Å²) in [5, 5.41) is 23.4. The second kappa shape index (κ2) is 9.55. The van der Waals surface area contributed by atoms with Crippen LogP contribution >= 0.6 is 22.9 Å². The van der Waals surface area contributed by atoms with E-state index in [4.69, 9.17) is 11.6 Å². The first-order valence-corrected chi connectivity index (χ1v) is 10.7. The van der Waals surface area contributed by atoms with Crippen molar-refractivity contribution in [3.05, 3.63) is 66.7 Å². The third kappa shape index (κ3) is 5.18. The second-order valence-corrected chi connectivity index (χ2v) is 8.88. The van der Waals surface area contributed by atoms with Crippen molar-refractivity contribution in [2.24, 2.45) is 0 Å². The van der Waals surface area contributed by atoms with Crippen molar-refractivity contribution in [1.29, 1.82) is 0 Å². The smallest absolute Gasteiger partial charge is 0.277 e. The first-order chi connectivity index (χ1) is 15.1. The predicted molar refractivity (Wildman–Crippen MR) is 124 cm³/mol. The maximum absolute atomic E-state index is 13.4. The largest absolute Gasteiger partial charge is 0.309 e. The number of halogens is 1. The summed E-state index contributed by atoms with van der Waals surface area (Å²) in [7, 11) is 3.80. The minimum atomic E-state index is -0.761. The molecule has 0 radical (unpaired) electrons. The summed E-state index contributed by atoms with van der Waals surface area (Å²) in [5.41, 5.74) is 0.349. The molecule has 0 saturated carbocycles. The number of aromatic nitrogens is 1. The number of anilines is 1. The molecular weight excluding hydrogens is 458 g/mol. The molecule has 168 valence electrons. The molecule has 2 aromatic carbocycles. The molecule has 10 nitrogen and oxygen atoms in total. The van der Waals surface area contributed by atoms with Gasteiger partial charge in [0.15, 0.2) is 5.13 Å². The van der Waals surface area contributed by atoms with Crippen molar-refractivity contribution in [1.82, 2.24) is 9.88 Å². The monoisotopic (exact) mass is 477 g/mol. The molecule has 0 aliphatic heterocycles. The number of nitro benzene ring substituents is 2. The molecule has 12 heteroatoms.